The first-order valence-corrected chi connectivity index (χ1v) is 7.29. The number of aryl methyl sites for hydroxylation is 1. The van der Waals surface area contributed by atoms with Gasteiger partial charge in [0, 0.05) is 18.9 Å². The highest BCUT2D eigenvalue weighted by molar-refractivity contribution is 5.72. The zero-order chi connectivity index (χ0) is 13.2. The molecule has 2 aliphatic rings. The summed E-state index contributed by atoms with van der Waals surface area (Å²) in [5.41, 5.74) is 0. The highest BCUT2D eigenvalue weighted by Gasteiger charge is 2.28. The van der Waals surface area contributed by atoms with Gasteiger partial charge in [0.2, 0.25) is 0 Å². The lowest BCUT2D eigenvalue weighted by molar-refractivity contribution is -0.145. The third-order valence-corrected chi connectivity index (χ3v) is 4.53. The Bertz CT molecular complexity index is 463. The number of methoxy groups -OCH3 is 1. The van der Waals surface area contributed by atoms with E-state index in [1.807, 2.05) is 0 Å². The minimum atomic E-state index is -0.0823. The van der Waals surface area contributed by atoms with E-state index in [0.717, 1.165) is 37.5 Å². The van der Waals surface area contributed by atoms with Gasteiger partial charge in [0.1, 0.15) is 11.6 Å². The molecule has 0 radical (unpaired) electrons. The lowest BCUT2D eigenvalue weighted by Crippen LogP contribution is -2.17. The van der Waals surface area contributed by atoms with Gasteiger partial charge in [-0.25, -0.2) is 0 Å². The van der Waals surface area contributed by atoms with Gasteiger partial charge in [-0.2, -0.15) is 0 Å². The van der Waals surface area contributed by atoms with Gasteiger partial charge < -0.3 is 9.30 Å². The Balaban J connectivity index is 1.77. The second-order valence-corrected chi connectivity index (χ2v) is 5.65. The molecule has 19 heavy (non-hydrogen) atoms. The first-order valence-electron chi connectivity index (χ1n) is 7.29. The normalized spacial score (nSPS) is 23.9. The molecule has 5 nitrogen and oxygen atoms in total. The summed E-state index contributed by atoms with van der Waals surface area (Å²) >= 11 is 0. The summed E-state index contributed by atoms with van der Waals surface area (Å²) in [7, 11) is 1.47. The number of aromatic nitrogens is 3. The Kier molecular flexibility index (Phi) is 3.53. The molecule has 1 unspecified atom stereocenters. The molecule has 1 saturated carbocycles. The summed E-state index contributed by atoms with van der Waals surface area (Å²) < 4.78 is 7.13. The maximum Gasteiger partial charge on any atom is 0.308 e. The first kappa shape index (κ1) is 12.6. The van der Waals surface area contributed by atoms with Gasteiger partial charge in [0.05, 0.1) is 13.0 Å². The fourth-order valence-corrected chi connectivity index (χ4v) is 3.40. The van der Waals surface area contributed by atoms with Crippen molar-refractivity contribution in [3.05, 3.63) is 11.6 Å². The van der Waals surface area contributed by atoms with Crippen molar-refractivity contribution in [2.24, 2.45) is 5.92 Å². The van der Waals surface area contributed by atoms with Crippen LogP contribution >= 0.6 is 0 Å². The number of carbonyl (C=O) groups is 1. The molecule has 0 aromatic carbocycles. The molecular formula is C14H21N3O2. The molecule has 1 aromatic rings. The van der Waals surface area contributed by atoms with Crippen LogP contribution in [0.25, 0.3) is 0 Å². The molecule has 1 aliphatic heterocycles. The van der Waals surface area contributed by atoms with Gasteiger partial charge >= 0.3 is 5.97 Å². The average Bonchev–Trinajstić information content (AvgIpc) is 3.03. The van der Waals surface area contributed by atoms with Crippen LogP contribution < -0.4 is 0 Å². The van der Waals surface area contributed by atoms with E-state index in [2.05, 4.69) is 14.8 Å². The number of hydrogen-bond acceptors (Lipinski definition) is 4. The Hall–Kier alpha value is -1.39. The number of ether oxygens (including phenoxy) is 1. The SMILES string of the molecule is COC(=O)C1CCc2nnc(C3CCCC3)n2CC1. The van der Waals surface area contributed by atoms with Gasteiger partial charge in [-0.05, 0) is 25.7 Å². The predicted molar refractivity (Wildman–Crippen MR) is 69.7 cm³/mol. The minimum absolute atomic E-state index is 0.0168. The summed E-state index contributed by atoms with van der Waals surface area (Å²) in [6, 6.07) is 0. The van der Waals surface area contributed by atoms with E-state index in [1.165, 1.54) is 32.8 Å². The van der Waals surface area contributed by atoms with Crippen molar-refractivity contribution < 1.29 is 9.53 Å². The average molecular weight is 263 g/mol. The molecule has 2 heterocycles. The molecule has 0 spiro atoms. The molecule has 104 valence electrons. The van der Waals surface area contributed by atoms with Crippen molar-refractivity contribution in [3.63, 3.8) is 0 Å². The second kappa shape index (κ2) is 5.31. The monoisotopic (exact) mass is 263 g/mol. The number of nitrogens with zero attached hydrogens (tertiary/aromatic N) is 3. The van der Waals surface area contributed by atoms with Crippen molar-refractivity contribution >= 4 is 5.97 Å². The van der Waals surface area contributed by atoms with Crippen molar-refractivity contribution in [1.29, 1.82) is 0 Å². The molecule has 1 aliphatic carbocycles. The molecular weight excluding hydrogens is 242 g/mol. The Morgan fingerprint density at radius 3 is 2.74 bits per heavy atom. The Morgan fingerprint density at radius 1 is 1.21 bits per heavy atom. The quantitative estimate of drug-likeness (QED) is 0.766. The van der Waals surface area contributed by atoms with Gasteiger partial charge in [-0.1, -0.05) is 12.8 Å². The summed E-state index contributed by atoms with van der Waals surface area (Å²) in [5.74, 6) is 2.71. The number of fused-ring (bicyclic) bond motifs is 1. The van der Waals surface area contributed by atoms with Crippen LogP contribution in [0.5, 0.6) is 0 Å². The summed E-state index contributed by atoms with van der Waals surface area (Å²) in [6.07, 6.45) is 7.58. The maximum atomic E-state index is 11.7. The zero-order valence-corrected chi connectivity index (χ0v) is 11.5. The number of esters is 1. The van der Waals surface area contributed by atoms with E-state index in [1.54, 1.807) is 0 Å². The Labute approximate surface area is 113 Å². The molecule has 3 rings (SSSR count). The van der Waals surface area contributed by atoms with E-state index in [0.29, 0.717) is 5.92 Å². The van der Waals surface area contributed by atoms with Crippen molar-refractivity contribution in [2.45, 2.75) is 57.4 Å². The van der Waals surface area contributed by atoms with Crippen molar-refractivity contribution in [1.82, 2.24) is 14.8 Å². The predicted octanol–water partition coefficient (Wildman–Crippen LogP) is 2.06. The second-order valence-electron chi connectivity index (χ2n) is 5.65. The zero-order valence-electron chi connectivity index (χ0n) is 11.5. The first-order chi connectivity index (χ1) is 9.29. The van der Waals surface area contributed by atoms with Crippen LogP contribution in [0.4, 0.5) is 0 Å². The standard InChI is InChI=1S/C14H21N3O2/c1-19-14(18)11-6-7-12-15-16-13(17(12)9-8-11)10-4-2-3-5-10/h10-11H,2-9H2,1H3. The van der Waals surface area contributed by atoms with Crippen LogP contribution in [0.15, 0.2) is 0 Å². The minimum Gasteiger partial charge on any atom is -0.469 e. The molecule has 0 amide bonds. The van der Waals surface area contributed by atoms with Crippen molar-refractivity contribution in [3.8, 4) is 0 Å². The third kappa shape index (κ3) is 2.38. The Morgan fingerprint density at radius 2 is 2.00 bits per heavy atom. The lowest BCUT2D eigenvalue weighted by atomic mass is 10.0. The molecule has 5 heteroatoms. The van der Waals surface area contributed by atoms with Gasteiger partial charge in [-0.3, -0.25) is 4.79 Å². The smallest absolute Gasteiger partial charge is 0.308 e. The van der Waals surface area contributed by atoms with Gasteiger partial charge in [0.25, 0.3) is 0 Å². The highest BCUT2D eigenvalue weighted by Crippen LogP contribution is 2.34. The summed E-state index contributed by atoms with van der Waals surface area (Å²) in [6.45, 7) is 0.855. The topological polar surface area (TPSA) is 57.0 Å². The fourth-order valence-electron chi connectivity index (χ4n) is 3.40. The molecule has 1 fully saturated rings. The largest absolute Gasteiger partial charge is 0.469 e. The van der Waals surface area contributed by atoms with E-state index in [-0.39, 0.29) is 11.9 Å². The van der Waals surface area contributed by atoms with E-state index in [4.69, 9.17) is 4.74 Å². The van der Waals surface area contributed by atoms with Crippen LogP contribution in [0, 0.1) is 5.92 Å². The summed E-state index contributed by atoms with van der Waals surface area (Å²) in [4.78, 5) is 11.7. The molecule has 1 aromatic heterocycles. The van der Waals surface area contributed by atoms with Crippen LogP contribution in [-0.4, -0.2) is 27.8 Å². The van der Waals surface area contributed by atoms with E-state index < -0.39 is 0 Å². The number of carbonyl (C=O) groups excluding carboxylic acids is 1. The molecule has 0 N–H and O–H groups in total. The molecule has 0 bridgehead atoms. The maximum absolute atomic E-state index is 11.7. The summed E-state index contributed by atoms with van der Waals surface area (Å²) in [5, 5.41) is 8.75. The van der Waals surface area contributed by atoms with Crippen molar-refractivity contribution in [2.75, 3.05) is 7.11 Å². The van der Waals surface area contributed by atoms with E-state index in [9.17, 15) is 4.79 Å². The number of hydrogen-bond donors (Lipinski definition) is 0. The van der Waals surface area contributed by atoms with Gasteiger partial charge in [-0.15, -0.1) is 10.2 Å². The lowest BCUT2D eigenvalue weighted by Gasteiger charge is -2.13. The number of rotatable bonds is 2. The van der Waals surface area contributed by atoms with Crippen LogP contribution in [0.2, 0.25) is 0 Å². The molecule has 0 saturated heterocycles. The van der Waals surface area contributed by atoms with E-state index >= 15 is 0 Å². The molecule has 1 atom stereocenters. The van der Waals surface area contributed by atoms with Gasteiger partial charge in [0.15, 0.2) is 0 Å². The highest BCUT2D eigenvalue weighted by atomic mass is 16.5. The third-order valence-electron chi connectivity index (χ3n) is 4.53. The fraction of sp³-hybridized carbons (Fsp3) is 0.786. The van der Waals surface area contributed by atoms with Crippen LogP contribution in [0.1, 0.15) is 56.1 Å². The van der Waals surface area contributed by atoms with Crippen LogP contribution in [-0.2, 0) is 22.5 Å². The van der Waals surface area contributed by atoms with Crippen LogP contribution in [0.3, 0.4) is 0 Å².